The minimum atomic E-state index is -1.22. The first-order chi connectivity index (χ1) is 10.0. The van der Waals surface area contributed by atoms with Crippen molar-refractivity contribution in [2.75, 3.05) is 12.3 Å². The molecule has 3 heterocycles. The number of aliphatic hydroxyl groups is 2. The zero-order valence-corrected chi connectivity index (χ0v) is 10.8. The van der Waals surface area contributed by atoms with Gasteiger partial charge >= 0.3 is 0 Å². The van der Waals surface area contributed by atoms with Crippen LogP contribution in [0.4, 0.5) is 5.95 Å². The number of nitrogen functional groups attached to an aromatic ring is 1. The lowest BCUT2D eigenvalue weighted by Crippen LogP contribution is -2.40. The van der Waals surface area contributed by atoms with Crippen LogP contribution in [-0.4, -0.2) is 54.6 Å². The number of aliphatic hydroxyl groups excluding tert-OH is 2. The molecule has 1 saturated heterocycles. The number of anilines is 1. The van der Waals surface area contributed by atoms with E-state index < -0.39 is 30.1 Å². The molecule has 0 amide bonds. The van der Waals surface area contributed by atoms with Crippen LogP contribution in [0.5, 0.6) is 0 Å². The van der Waals surface area contributed by atoms with Crippen LogP contribution in [-0.2, 0) is 4.74 Å². The summed E-state index contributed by atoms with van der Waals surface area (Å²) in [6.45, 7) is 0.150. The van der Waals surface area contributed by atoms with Gasteiger partial charge in [-0.1, -0.05) is 0 Å². The topological polar surface area (TPSA) is 177 Å². The number of rotatable bonds is 3. The molecule has 2 aromatic heterocycles. The summed E-state index contributed by atoms with van der Waals surface area (Å²) < 4.78 is 6.90. The number of H-pyrrole nitrogens is 1. The molecule has 21 heavy (non-hydrogen) atoms. The lowest BCUT2D eigenvalue weighted by Gasteiger charge is -2.16. The minimum absolute atomic E-state index is 0.0647. The third-order valence-electron chi connectivity index (χ3n) is 3.38. The highest BCUT2D eigenvalue weighted by Gasteiger charge is 2.44. The van der Waals surface area contributed by atoms with E-state index in [-0.39, 0.29) is 23.7 Å². The van der Waals surface area contributed by atoms with Crippen molar-refractivity contribution in [2.45, 2.75) is 24.5 Å². The van der Waals surface area contributed by atoms with Crippen molar-refractivity contribution in [3.05, 3.63) is 16.7 Å². The summed E-state index contributed by atoms with van der Waals surface area (Å²) in [5, 5.41) is 20.0. The molecule has 2 aromatic rings. The number of imidazole rings is 1. The number of nitrogens with two attached hydrogens (primary N) is 2. The van der Waals surface area contributed by atoms with Gasteiger partial charge in [0.15, 0.2) is 17.4 Å². The van der Waals surface area contributed by atoms with Gasteiger partial charge in [-0.25, -0.2) is 4.98 Å². The molecule has 0 aliphatic carbocycles. The van der Waals surface area contributed by atoms with Gasteiger partial charge in [0.25, 0.3) is 5.56 Å². The maximum absolute atomic E-state index is 11.7. The van der Waals surface area contributed by atoms with Crippen LogP contribution in [0.3, 0.4) is 0 Å². The number of hydrogen-bond acceptors (Lipinski definition) is 9. The van der Waals surface area contributed by atoms with Gasteiger partial charge in [0.1, 0.15) is 18.3 Å². The average molecular weight is 297 g/mol. The first-order valence-corrected chi connectivity index (χ1v) is 6.20. The molecule has 8 N–H and O–H groups in total. The number of fused-ring (bicyclic) bond motifs is 1. The highest BCUT2D eigenvalue weighted by atomic mass is 16.6. The van der Waals surface area contributed by atoms with Gasteiger partial charge in [0, 0.05) is 6.54 Å². The summed E-state index contributed by atoms with van der Waals surface area (Å²) >= 11 is 0. The van der Waals surface area contributed by atoms with Crippen molar-refractivity contribution in [3.63, 3.8) is 0 Å². The molecular formula is C10H15N7O4. The molecule has 114 valence electrons. The molecule has 0 aromatic carbocycles. The quantitative estimate of drug-likeness (QED) is 0.251. The standard InChI is InChI=1S/C10H15N7O4/c11-10-15-7-4(8(20)16-10)13-2-17(7)9-6(19)5(18)3(21-9)1-14-12/h2-3,5-6,9,14,18-19H,1,12H2,(H3,11,15,16,20)/t3-,5+,6?,9-/m1/s1. The fourth-order valence-corrected chi connectivity index (χ4v) is 2.37. The van der Waals surface area contributed by atoms with E-state index in [1.807, 2.05) is 0 Å². The molecule has 3 rings (SSSR count). The van der Waals surface area contributed by atoms with Gasteiger partial charge in [0.2, 0.25) is 5.95 Å². The Morgan fingerprint density at radius 2 is 2.24 bits per heavy atom. The molecule has 11 heteroatoms. The van der Waals surface area contributed by atoms with Crippen LogP contribution in [0, 0.1) is 0 Å². The number of ether oxygens (including phenoxy) is 1. The molecule has 0 radical (unpaired) electrons. The van der Waals surface area contributed by atoms with Crippen molar-refractivity contribution in [1.82, 2.24) is 24.9 Å². The summed E-state index contributed by atoms with van der Waals surface area (Å²) in [7, 11) is 0. The van der Waals surface area contributed by atoms with Crippen molar-refractivity contribution in [2.24, 2.45) is 5.84 Å². The summed E-state index contributed by atoms with van der Waals surface area (Å²) in [6, 6.07) is 0. The fraction of sp³-hybridized carbons (Fsp3) is 0.500. The largest absolute Gasteiger partial charge is 0.387 e. The van der Waals surface area contributed by atoms with Crippen LogP contribution in [0.1, 0.15) is 6.23 Å². The molecule has 1 fully saturated rings. The molecule has 0 saturated carbocycles. The van der Waals surface area contributed by atoms with Crippen LogP contribution in [0.25, 0.3) is 11.2 Å². The highest BCUT2D eigenvalue weighted by Crippen LogP contribution is 2.30. The number of aromatic nitrogens is 4. The van der Waals surface area contributed by atoms with Gasteiger partial charge < -0.3 is 20.7 Å². The highest BCUT2D eigenvalue weighted by molar-refractivity contribution is 5.70. The Hall–Kier alpha value is -2.05. The molecule has 1 unspecified atom stereocenters. The van der Waals surface area contributed by atoms with Crippen molar-refractivity contribution in [3.8, 4) is 0 Å². The summed E-state index contributed by atoms with van der Waals surface area (Å²) in [5.41, 5.74) is 7.60. The normalized spacial score (nSPS) is 29.3. The number of nitrogens with zero attached hydrogens (tertiary/aromatic N) is 3. The first-order valence-electron chi connectivity index (χ1n) is 6.20. The van der Waals surface area contributed by atoms with E-state index in [2.05, 4.69) is 20.4 Å². The number of nitrogens with one attached hydrogen (secondary N) is 2. The predicted octanol–water partition coefficient (Wildman–Crippen LogP) is -3.22. The second-order valence-electron chi connectivity index (χ2n) is 4.73. The average Bonchev–Trinajstić information content (AvgIpc) is 2.96. The Balaban J connectivity index is 2.03. The Labute approximate surface area is 117 Å². The Morgan fingerprint density at radius 1 is 1.48 bits per heavy atom. The fourth-order valence-electron chi connectivity index (χ4n) is 2.37. The molecule has 4 atom stereocenters. The zero-order valence-electron chi connectivity index (χ0n) is 10.8. The van der Waals surface area contributed by atoms with E-state index in [1.54, 1.807) is 0 Å². The van der Waals surface area contributed by atoms with Gasteiger partial charge in [-0.3, -0.25) is 25.6 Å². The molecule has 1 aliphatic rings. The summed E-state index contributed by atoms with van der Waals surface area (Å²) in [4.78, 5) is 21.9. The third-order valence-corrected chi connectivity index (χ3v) is 3.38. The third kappa shape index (κ3) is 2.16. The second-order valence-corrected chi connectivity index (χ2v) is 4.73. The van der Waals surface area contributed by atoms with Gasteiger partial charge in [-0.15, -0.1) is 0 Å². The maximum atomic E-state index is 11.7. The molecule has 1 aliphatic heterocycles. The smallest absolute Gasteiger partial charge is 0.280 e. The van der Waals surface area contributed by atoms with E-state index in [0.29, 0.717) is 0 Å². The molecule has 11 nitrogen and oxygen atoms in total. The zero-order chi connectivity index (χ0) is 15.1. The van der Waals surface area contributed by atoms with Crippen molar-refractivity contribution >= 4 is 17.1 Å². The Bertz CT molecular complexity index is 713. The monoisotopic (exact) mass is 297 g/mol. The van der Waals surface area contributed by atoms with Gasteiger partial charge in [0.05, 0.1) is 6.33 Å². The van der Waals surface area contributed by atoms with E-state index >= 15 is 0 Å². The number of hydrazine groups is 1. The van der Waals surface area contributed by atoms with Crippen molar-refractivity contribution < 1.29 is 14.9 Å². The van der Waals surface area contributed by atoms with E-state index in [0.717, 1.165) is 0 Å². The maximum Gasteiger partial charge on any atom is 0.280 e. The van der Waals surface area contributed by atoms with E-state index in [4.69, 9.17) is 16.3 Å². The van der Waals surface area contributed by atoms with Crippen molar-refractivity contribution in [1.29, 1.82) is 0 Å². The summed E-state index contributed by atoms with van der Waals surface area (Å²) in [5.74, 6) is 5.11. The minimum Gasteiger partial charge on any atom is -0.387 e. The van der Waals surface area contributed by atoms with Crippen LogP contribution >= 0.6 is 0 Å². The van der Waals surface area contributed by atoms with Crippen LogP contribution in [0.2, 0.25) is 0 Å². The van der Waals surface area contributed by atoms with E-state index in [1.165, 1.54) is 10.9 Å². The molecule has 0 spiro atoms. The van der Waals surface area contributed by atoms with Gasteiger partial charge in [-0.05, 0) is 0 Å². The Kier molecular flexibility index (Phi) is 3.35. The number of hydrogen-bond donors (Lipinski definition) is 6. The Morgan fingerprint density at radius 3 is 2.95 bits per heavy atom. The lowest BCUT2D eigenvalue weighted by molar-refractivity contribution is -0.0341. The second kappa shape index (κ2) is 5.05. The predicted molar refractivity (Wildman–Crippen MR) is 70.7 cm³/mol. The molecular weight excluding hydrogens is 282 g/mol. The van der Waals surface area contributed by atoms with Gasteiger partial charge in [-0.2, -0.15) is 4.98 Å². The molecule has 0 bridgehead atoms. The summed E-state index contributed by atoms with van der Waals surface area (Å²) in [6.07, 6.45) is -2.71. The van der Waals surface area contributed by atoms with Crippen LogP contribution in [0.15, 0.2) is 11.1 Å². The van der Waals surface area contributed by atoms with E-state index in [9.17, 15) is 15.0 Å². The van der Waals surface area contributed by atoms with Crippen LogP contribution < -0.4 is 22.6 Å². The lowest BCUT2D eigenvalue weighted by atomic mass is 10.1. The first kappa shape index (κ1) is 13.9. The number of aromatic amines is 1. The SMILES string of the molecule is NNC[C@H]1O[C@@H](n2cnc3c(=O)[nH]c(N)nc32)C(O)[C@H]1O.